The molecule has 0 saturated heterocycles. The fraction of sp³-hybridized carbons (Fsp3) is 0.500. The number of carbonyl (C=O) groups excluding carboxylic acids is 1. The Morgan fingerprint density at radius 1 is 1.47 bits per heavy atom. The first-order valence-corrected chi connectivity index (χ1v) is 6.18. The number of hydrogen-bond donors (Lipinski definition) is 0. The highest BCUT2D eigenvalue weighted by molar-refractivity contribution is 6.02. The molecule has 0 N–H and O–H groups in total. The molecule has 0 radical (unpaired) electrons. The van der Waals surface area contributed by atoms with E-state index in [9.17, 15) is 4.79 Å². The zero-order valence-corrected chi connectivity index (χ0v) is 10.4. The van der Waals surface area contributed by atoms with Crippen LogP contribution in [0.3, 0.4) is 0 Å². The van der Waals surface area contributed by atoms with E-state index in [4.69, 9.17) is 9.47 Å². The second kappa shape index (κ2) is 5.32. The number of benzene rings is 1. The molecule has 3 nitrogen and oxygen atoms in total. The van der Waals surface area contributed by atoms with E-state index < -0.39 is 0 Å². The molecule has 0 bridgehead atoms. The lowest BCUT2D eigenvalue weighted by Crippen LogP contribution is -2.24. The number of carbonyl (C=O) groups is 1. The van der Waals surface area contributed by atoms with Crippen LogP contribution >= 0.6 is 0 Å². The third kappa shape index (κ3) is 2.34. The largest absolute Gasteiger partial charge is 0.492 e. The van der Waals surface area contributed by atoms with E-state index in [0.717, 1.165) is 17.7 Å². The van der Waals surface area contributed by atoms with Gasteiger partial charge in [-0.1, -0.05) is 19.1 Å². The van der Waals surface area contributed by atoms with Gasteiger partial charge in [0.1, 0.15) is 11.9 Å². The Kier molecular flexibility index (Phi) is 3.79. The molecule has 0 spiro atoms. The number of ether oxygens (including phenoxy) is 2. The zero-order valence-electron chi connectivity index (χ0n) is 10.4. The Bertz CT molecular complexity index is 412. The maximum absolute atomic E-state index is 12.3. The molecule has 1 atom stereocenters. The lowest BCUT2D eigenvalue weighted by Gasteiger charge is -2.15. The summed E-state index contributed by atoms with van der Waals surface area (Å²) in [6.07, 6.45) is 1.23. The van der Waals surface area contributed by atoms with Crippen molar-refractivity contribution in [3.63, 3.8) is 0 Å². The summed E-state index contributed by atoms with van der Waals surface area (Å²) in [5, 5.41) is 0. The number of hydrogen-bond acceptors (Lipinski definition) is 3. The molecule has 3 heteroatoms. The summed E-state index contributed by atoms with van der Waals surface area (Å²) < 4.78 is 11.0. The van der Waals surface area contributed by atoms with Crippen molar-refractivity contribution < 1.29 is 14.3 Å². The summed E-state index contributed by atoms with van der Waals surface area (Å²) >= 11 is 0. The average Bonchev–Trinajstić information content (AvgIpc) is 2.83. The summed E-state index contributed by atoms with van der Waals surface area (Å²) in [5.74, 6) is 0.795. The van der Waals surface area contributed by atoms with Gasteiger partial charge in [-0.25, -0.2) is 0 Å². The van der Waals surface area contributed by atoms with Crippen LogP contribution in [-0.4, -0.2) is 25.1 Å². The van der Waals surface area contributed by atoms with Gasteiger partial charge in [0.25, 0.3) is 0 Å². The molecule has 1 aliphatic heterocycles. The molecule has 1 aromatic carbocycles. The van der Waals surface area contributed by atoms with Gasteiger partial charge in [-0.15, -0.1) is 0 Å². The highest BCUT2D eigenvalue weighted by Gasteiger charge is 2.25. The molecule has 1 heterocycles. The fourth-order valence-corrected chi connectivity index (χ4v) is 2.16. The number of para-hydroxylation sites is 1. The van der Waals surface area contributed by atoms with E-state index >= 15 is 0 Å². The summed E-state index contributed by atoms with van der Waals surface area (Å²) in [5.41, 5.74) is 1.79. The van der Waals surface area contributed by atoms with E-state index in [1.54, 1.807) is 0 Å². The monoisotopic (exact) mass is 234 g/mol. The molecular formula is C14H18O3. The Balaban J connectivity index is 2.28. The highest BCUT2D eigenvalue weighted by atomic mass is 16.5. The first-order valence-electron chi connectivity index (χ1n) is 6.18. The number of fused-ring (bicyclic) bond motifs is 1. The SMILES string of the molecule is CCOC(CC)C(=O)c1cccc2c1OCC2. The molecule has 2 rings (SSSR count). The normalized spacial score (nSPS) is 15.2. The van der Waals surface area contributed by atoms with Crippen molar-refractivity contribution in [2.24, 2.45) is 0 Å². The zero-order chi connectivity index (χ0) is 12.3. The lowest BCUT2D eigenvalue weighted by atomic mass is 10.0. The van der Waals surface area contributed by atoms with Crippen LogP contribution in [0, 0.1) is 0 Å². The van der Waals surface area contributed by atoms with Crippen LogP contribution in [0.25, 0.3) is 0 Å². The summed E-state index contributed by atoms with van der Waals surface area (Å²) in [4.78, 5) is 12.3. The van der Waals surface area contributed by atoms with Gasteiger partial charge in [-0.3, -0.25) is 4.79 Å². The van der Waals surface area contributed by atoms with Crippen molar-refractivity contribution in [3.05, 3.63) is 29.3 Å². The van der Waals surface area contributed by atoms with Gasteiger partial charge in [0.2, 0.25) is 0 Å². The molecule has 0 aliphatic carbocycles. The molecule has 92 valence electrons. The number of ketones is 1. The fourth-order valence-electron chi connectivity index (χ4n) is 2.16. The van der Waals surface area contributed by atoms with Crippen molar-refractivity contribution >= 4 is 5.78 Å². The van der Waals surface area contributed by atoms with Gasteiger partial charge in [0, 0.05) is 13.0 Å². The van der Waals surface area contributed by atoms with Crippen molar-refractivity contribution in [1.29, 1.82) is 0 Å². The van der Waals surface area contributed by atoms with Crippen molar-refractivity contribution in [1.82, 2.24) is 0 Å². The standard InChI is InChI=1S/C14H18O3/c1-3-12(16-4-2)13(15)11-7-5-6-10-8-9-17-14(10)11/h5-7,12H,3-4,8-9H2,1-2H3. The van der Waals surface area contributed by atoms with Crippen molar-refractivity contribution in [2.45, 2.75) is 32.8 Å². The Morgan fingerprint density at radius 3 is 3.00 bits per heavy atom. The number of Topliss-reactive ketones (excluding diaryl/α,β-unsaturated/α-hetero) is 1. The molecule has 0 saturated carbocycles. The lowest BCUT2D eigenvalue weighted by molar-refractivity contribution is 0.0441. The molecular weight excluding hydrogens is 216 g/mol. The van der Waals surface area contributed by atoms with Crippen molar-refractivity contribution in [3.8, 4) is 5.75 Å². The molecule has 17 heavy (non-hydrogen) atoms. The van der Waals surface area contributed by atoms with Crippen LogP contribution in [-0.2, 0) is 11.2 Å². The van der Waals surface area contributed by atoms with E-state index in [-0.39, 0.29) is 11.9 Å². The van der Waals surface area contributed by atoms with Crippen LogP contribution in [0.5, 0.6) is 5.75 Å². The van der Waals surface area contributed by atoms with Crippen LogP contribution in [0.4, 0.5) is 0 Å². The second-order valence-electron chi connectivity index (χ2n) is 4.11. The topological polar surface area (TPSA) is 35.5 Å². The molecule has 0 amide bonds. The van der Waals surface area contributed by atoms with E-state index in [1.165, 1.54) is 0 Å². The van der Waals surface area contributed by atoms with Crippen LogP contribution in [0.1, 0.15) is 36.2 Å². The maximum Gasteiger partial charge on any atom is 0.195 e. The van der Waals surface area contributed by atoms with Gasteiger partial charge in [-0.05, 0) is 25.0 Å². The molecule has 0 fully saturated rings. The summed E-state index contributed by atoms with van der Waals surface area (Å²) in [7, 11) is 0. The third-order valence-electron chi connectivity index (χ3n) is 3.01. The van der Waals surface area contributed by atoms with Crippen molar-refractivity contribution in [2.75, 3.05) is 13.2 Å². The summed E-state index contributed by atoms with van der Waals surface area (Å²) in [6.45, 7) is 5.09. The Labute approximate surface area is 102 Å². The third-order valence-corrected chi connectivity index (χ3v) is 3.01. The quantitative estimate of drug-likeness (QED) is 0.735. The van der Waals surface area contributed by atoms with Gasteiger partial charge >= 0.3 is 0 Å². The number of rotatable bonds is 5. The van der Waals surface area contributed by atoms with Gasteiger partial charge in [0.15, 0.2) is 5.78 Å². The highest BCUT2D eigenvalue weighted by Crippen LogP contribution is 2.30. The predicted octanol–water partition coefficient (Wildman–Crippen LogP) is 2.62. The molecule has 1 unspecified atom stereocenters. The average molecular weight is 234 g/mol. The Morgan fingerprint density at radius 2 is 2.29 bits per heavy atom. The van der Waals surface area contributed by atoms with Gasteiger partial charge in [-0.2, -0.15) is 0 Å². The van der Waals surface area contributed by atoms with E-state index in [0.29, 0.717) is 25.2 Å². The first-order chi connectivity index (χ1) is 8.27. The van der Waals surface area contributed by atoms with Crippen LogP contribution < -0.4 is 4.74 Å². The Hall–Kier alpha value is -1.35. The van der Waals surface area contributed by atoms with Gasteiger partial charge in [0.05, 0.1) is 12.2 Å². The van der Waals surface area contributed by atoms with Crippen LogP contribution in [0.2, 0.25) is 0 Å². The van der Waals surface area contributed by atoms with Crippen LogP contribution in [0.15, 0.2) is 18.2 Å². The minimum Gasteiger partial charge on any atom is -0.492 e. The molecule has 1 aliphatic rings. The molecule has 1 aromatic rings. The molecule has 0 aromatic heterocycles. The second-order valence-corrected chi connectivity index (χ2v) is 4.11. The maximum atomic E-state index is 12.3. The smallest absolute Gasteiger partial charge is 0.195 e. The van der Waals surface area contributed by atoms with Gasteiger partial charge < -0.3 is 9.47 Å². The first kappa shape index (κ1) is 12.1. The minimum absolute atomic E-state index is 0.0353. The summed E-state index contributed by atoms with van der Waals surface area (Å²) in [6, 6.07) is 5.76. The minimum atomic E-state index is -0.351. The van der Waals surface area contributed by atoms with E-state index in [2.05, 4.69) is 0 Å². The van der Waals surface area contributed by atoms with E-state index in [1.807, 2.05) is 32.0 Å². The predicted molar refractivity (Wildman–Crippen MR) is 65.7 cm³/mol.